The first-order valence-electron chi connectivity index (χ1n) is 11.4. The van der Waals surface area contributed by atoms with E-state index in [2.05, 4.69) is 9.71 Å². The number of aromatic nitrogens is 1. The van der Waals surface area contributed by atoms with Crippen LogP contribution in [0.5, 0.6) is 0 Å². The van der Waals surface area contributed by atoms with Crippen LogP contribution in [0, 0.1) is 0 Å². The molecule has 1 heterocycles. The number of carbonyl (C=O) groups excluding carboxylic acids is 1. The van der Waals surface area contributed by atoms with Gasteiger partial charge in [-0.3, -0.25) is 0 Å². The highest BCUT2D eigenvalue weighted by atomic mass is 32.2. The first-order chi connectivity index (χ1) is 16.8. The van der Waals surface area contributed by atoms with Crippen LogP contribution >= 0.6 is 0 Å². The summed E-state index contributed by atoms with van der Waals surface area (Å²) >= 11 is 0. The van der Waals surface area contributed by atoms with Crippen molar-refractivity contribution < 1.29 is 17.9 Å². The fraction of sp³-hybridized carbons (Fsp3) is 0.222. The molecule has 1 atom stereocenters. The van der Waals surface area contributed by atoms with Gasteiger partial charge in [0.25, 0.3) is 0 Å². The second-order valence-electron chi connectivity index (χ2n) is 8.42. The number of nitrogens with zero attached hydrogens (tertiary/aromatic N) is 1. The van der Waals surface area contributed by atoms with E-state index in [1.165, 1.54) is 24.3 Å². The third kappa shape index (κ3) is 5.39. The molecule has 182 valence electrons. The maximum atomic E-state index is 13.1. The average molecular weight is 492 g/mol. The van der Waals surface area contributed by atoms with E-state index < -0.39 is 16.0 Å². The Morgan fingerprint density at radius 3 is 2.34 bits per heavy atom. The fourth-order valence-electron chi connectivity index (χ4n) is 4.06. The summed E-state index contributed by atoms with van der Waals surface area (Å²) in [4.78, 5) is 17.3. The summed E-state index contributed by atoms with van der Waals surface area (Å²) in [6.45, 7) is 2.15. The van der Waals surface area contributed by atoms with Gasteiger partial charge in [0.05, 0.1) is 17.1 Å². The Hall–Kier alpha value is -3.62. The number of carbonyl (C=O) groups is 1. The van der Waals surface area contributed by atoms with Crippen molar-refractivity contribution in [2.24, 2.45) is 0 Å². The monoisotopic (exact) mass is 491 g/mol. The maximum absolute atomic E-state index is 13.1. The van der Waals surface area contributed by atoms with Crippen LogP contribution in [-0.2, 0) is 14.8 Å². The summed E-state index contributed by atoms with van der Waals surface area (Å²) in [7, 11) is 0.155. The maximum Gasteiger partial charge on any atom is 0.338 e. The highest BCUT2D eigenvalue weighted by Gasteiger charge is 2.22. The zero-order chi connectivity index (χ0) is 25.0. The molecule has 0 aliphatic heterocycles. The van der Waals surface area contributed by atoms with E-state index in [9.17, 15) is 13.2 Å². The molecule has 8 heteroatoms. The van der Waals surface area contributed by atoms with Gasteiger partial charge in [0.2, 0.25) is 10.0 Å². The van der Waals surface area contributed by atoms with Crippen LogP contribution in [0.2, 0.25) is 0 Å². The van der Waals surface area contributed by atoms with Gasteiger partial charge in [0.1, 0.15) is 0 Å². The van der Waals surface area contributed by atoms with Crippen molar-refractivity contribution in [1.82, 2.24) is 9.71 Å². The summed E-state index contributed by atoms with van der Waals surface area (Å²) < 4.78 is 34.0. The average Bonchev–Trinajstić information content (AvgIpc) is 3.29. The number of para-hydroxylation sites is 1. The molecular formula is C27H29N3O4S. The summed E-state index contributed by atoms with van der Waals surface area (Å²) in [5.41, 5.74) is 4.38. The van der Waals surface area contributed by atoms with Crippen LogP contribution in [0.25, 0.3) is 10.9 Å². The van der Waals surface area contributed by atoms with Crippen molar-refractivity contribution in [3.8, 4) is 0 Å². The standard InChI is InChI=1S/C27H29N3O4S/c1-4-34-27(31)20-11-15-22(16-12-20)35(32,33)29-18-24(19-9-13-21(14-10-19)30(2)3)25-17-28-26-8-6-5-7-23(25)26/h5-17,24,28-29H,4,18H2,1-3H3/t24-/m1/s1. The Morgan fingerprint density at radius 1 is 1.00 bits per heavy atom. The number of hydrogen-bond donors (Lipinski definition) is 2. The smallest absolute Gasteiger partial charge is 0.338 e. The summed E-state index contributed by atoms with van der Waals surface area (Å²) in [5.74, 6) is -0.694. The zero-order valence-corrected chi connectivity index (χ0v) is 20.8. The highest BCUT2D eigenvalue weighted by Crippen LogP contribution is 2.32. The Labute approximate surface area is 205 Å². The Kier molecular flexibility index (Phi) is 7.23. The largest absolute Gasteiger partial charge is 0.462 e. The molecule has 0 saturated heterocycles. The van der Waals surface area contributed by atoms with Crippen molar-refractivity contribution in [1.29, 1.82) is 0 Å². The molecule has 3 aromatic carbocycles. The number of anilines is 1. The lowest BCUT2D eigenvalue weighted by molar-refractivity contribution is 0.0526. The summed E-state index contributed by atoms with van der Waals surface area (Å²) in [5, 5.41) is 1.05. The molecule has 2 N–H and O–H groups in total. The van der Waals surface area contributed by atoms with Crippen molar-refractivity contribution in [3.63, 3.8) is 0 Å². The molecule has 0 spiro atoms. The second-order valence-corrected chi connectivity index (χ2v) is 10.2. The molecule has 0 saturated carbocycles. The van der Waals surface area contributed by atoms with E-state index in [0.717, 1.165) is 27.7 Å². The quantitative estimate of drug-likeness (QED) is 0.336. The van der Waals surface area contributed by atoms with Gasteiger partial charge < -0.3 is 14.6 Å². The van der Waals surface area contributed by atoms with Gasteiger partial charge in [0, 0.05) is 49.3 Å². The minimum Gasteiger partial charge on any atom is -0.462 e. The molecule has 0 aliphatic carbocycles. The number of esters is 1. The minimum atomic E-state index is -3.80. The van der Waals surface area contributed by atoms with E-state index in [0.29, 0.717) is 5.56 Å². The van der Waals surface area contributed by atoms with Crippen LogP contribution < -0.4 is 9.62 Å². The molecule has 0 amide bonds. The van der Waals surface area contributed by atoms with E-state index in [4.69, 9.17) is 4.74 Å². The summed E-state index contributed by atoms with van der Waals surface area (Å²) in [6, 6.07) is 21.8. The highest BCUT2D eigenvalue weighted by molar-refractivity contribution is 7.89. The van der Waals surface area contributed by atoms with Gasteiger partial charge in [-0.05, 0) is 60.5 Å². The van der Waals surface area contributed by atoms with Crippen molar-refractivity contribution in [3.05, 3.63) is 95.7 Å². The number of aromatic amines is 1. The second kappa shape index (κ2) is 10.3. The van der Waals surface area contributed by atoms with Gasteiger partial charge >= 0.3 is 5.97 Å². The van der Waals surface area contributed by atoms with Gasteiger partial charge in [-0.25, -0.2) is 17.9 Å². The number of nitrogens with one attached hydrogen (secondary N) is 2. The van der Waals surface area contributed by atoms with E-state index in [1.807, 2.05) is 73.7 Å². The molecule has 7 nitrogen and oxygen atoms in total. The minimum absolute atomic E-state index is 0.0891. The predicted molar refractivity (Wildman–Crippen MR) is 138 cm³/mol. The van der Waals surface area contributed by atoms with Crippen LogP contribution in [0.1, 0.15) is 34.3 Å². The molecular weight excluding hydrogens is 462 g/mol. The molecule has 0 unspecified atom stereocenters. The van der Waals surface area contributed by atoms with Crippen LogP contribution in [0.15, 0.2) is 83.9 Å². The molecule has 0 radical (unpaired) electrons. The van der Waals surface area contributed by atoms with Crippen LogP contribution in [0.4, 0.5) is 5.69 Å². The van der Waals surface area contributed by atoms with Gasteiger partial charge in [-0.2, -0.15) is 0 Å². The Balaban J connectivity index is 1.62. The molecule has 4 rings (SSSR count). The SMILES string of the molecule is CCOC(=O)c1ccc(S(=O)(=O)NC[C@H](c2ccc(N(C)C)cc2)c2c[nH]c3ccccc23)cc1. The zero-order valence-electron chi connectivity index (χ0n) is 20.0. The molecule has 35 heavy (non-hydrogen) atoms. The van der Waals surface area contributed by atoms with Gasteiger partial charge in [-0.1, -0.05) is 30.3 Å². The summed E-state index contributed by atoms with van der Waals surface area (Å²) in [6.07, 6.45) is 1.94. The molecule has 4 aromatic rings. The lowest BCUT2D eigenvalue weighted by Gasteiger charge is -2.20. The normalized spacial score (nSPS) is 12.4. The molecule has 0 aliphatic rings. The number of fused-ring (bicyclic) bond motifs is 1. The first-order valence-corrected chi connectivity index (χ1v) is 12.9. The first kappa shape index (κ1) is 24.5. The number of H-pyrrole nitrogens is 1. The third-order valence-corrected chi connectivity index (χ3v) is 7.40. The van der Waals surface area contributed by atoms with Crippen molar-refractivity contribution >= 4 is 32.6 Å². The van der Waals surface area contributed by atoms with E-state index in [-0.39, 0.29) is 24.0 Å². The van der Waals surface area contributed by atoms with E-state index >= 15 is 0 Å². The van der Waals surface area contributed by atoms with Crippen molar-refractivity contribution in [2.75, 3.05) is 32.1 Å². The third-order valence-electron chi connectivity index (χ3n) is 5.96. The van der Waals surface area contributed by atoms with Crippen LogP contribution in [0.3, 0.4) is 0 Å². The number of benzene rings is 3. The number of rotatable bonds is 9. The molecule has 0 fully saturated rings. The lowest BCUT2D eigenvalue weighted by atomic mass is 9.91. The van der Waals surface area contributed by atoms with Crippen molar-refractivity contribution in [2.45, 2.75) is 17.7 Å². The fourth-order valence-corrected chi connectivity index (χ4v) is 5.10. The Morgan fingerprint density at radius 2 is 1.69 bits per heavy atom. The molecule has 0 bridgehead atoms. The van der Waals surface area contributed by atoms with Crippen LogP contribution in [-0.4, -0.2) is 46.6 Å². The number of ether oxygens (including phenoxy) is 1. The number of hydrogen-bond acceptors (Lipinski definition) is 5. The number of sulfonamides is 1. The van der Waals surface area contributed by atoms with Gasteiger partial charge in [-0.15, -0.1) is 0 Å². The lowest BCUT2D eigenvalue weighted by Crippen LogP contribution is -2.29. The predicted octanol–water partition coefficient (Wildman–Crippen LogP) is 4.52. The van der Waals surface area contributed by atoms with Gasteiger partial charge in [0.15, 0.2) is 0 Å². The topological polar surface area (TPSA) is 91.5 Å². The van der Waals surface area contributed by atoms with E-state index in [1.54, 1.807) is 6.92 Å². The molecule has 1 aromatic heterocycles. The Bertz CT molecular complexity index is 1410.